The Kier molecular flexibility index (Phi) is 4.89. The van der Waals surface area contributed by atoms with Crippen LogP contribution in [0.5, 0.6) is 0 Å². The molecule has 0 aliphatic heterocycles. The molecule has 0 saturated carbocycles. The van der Waals surface area contributed by atoms with Crippen LogP contribution in [0.25, 0.3) is 0 Å². The van der Waals surface area contributed by atoms with Crippen molar-refractivity contribution < 1.29 is 4.79 Å². The maximum absolute atomic E-state index is 12.4. The lowest BCUT2D eigenvalue weighted by atomic mass is 10.1. The van der Waals surface area contributed by atoms with Crippen LogP contribution in [-0.2, 0) is 13.0 Å². The van der Waals surface area contributed by atoms with Crippen LogP contribution < -0.4 is 0 Å². The van der Waals surface area contributed by atoms with E-state index < -0.39 is 0 Å². The lowest BCUT2D eigenvalue weighted by molar-refractivity contribution is 0.0990. The molecule has 1 heterocycles. The van der Waals surface area contributed by atoms with Crippen molar-refractivity contribution in [3.8, 4) is 0 Å². The molecule has 0 radical (unpaired) electrons. The summed E-state index contributed by atoms with van der Waals surface area (Å²) in [6.45, 7) is 4.47. The summed E-state index contributed by atoms with van der Waals surface area (Å²) in [7, 11) is 0. The van der Waals surface area contributed by atoms with Crippen molar-refractivity contribution in [1.29, 1.82) is 0 Å². The third-order valence-corrected chi connectivity index (χ3v) is 4.13. The summed E-state index contributed by atoms with van der Waals surface area (Å²) in [6, 6.07) is 5.15. The normalized spacial score (nSPS) is 10.8. The zero-order valence-electron chi connectivity index (χ0n) is 11.1. The van der Waals surface area contributed by atoms with E-state index in [1.54, 1.807) is 22.9 Å². The van der Waals surface area contributed by atoms with E-state index >= 15 is 0 Å². The van der Waals surface area contributed by atoms with Gasteiger partial charge in [0.1, 0.15) is 0 Å². The molecule has 0 aliphatic rings. The Morgan fingerprint density at radius 2 is 2.05 bits per heavy atom. The van der Waals surface area contributed by atoms with Crippen LogP contribution in [0.4, 0.5) is 0 Å². The molecule has 2 rings (SSSR count). The largest absolute Gasteiger partial charge is 0.294 e. The molecule has 0 aliphatic carbocycles. The fraction of sp³-hybridized carbons (Fsp3) is 0.286. The highest BCUT2D eigenvalue weighted by Crippen LogP contribution is 2.24. The molecule has 6 heteroatoms. The van der Waals surface area contributed by atoms with E-state index in [9.17, 15) is 4.79 Å². The van der Waals surface area contributed by atoms with Gasteiger partial charge in [-0.15, -0.1) is 0 Å². The quantitative estimate of drug-likeness (QED) is 0.725. The van der Waals surface area contributed by atoms with Crippen LogP contribution >= 0.6 is 39.1 Å². The summed E-state index contributed by atoms with van der Waals surface area (Å²) in [5, 5.41) is 5.39. The number of benzene rings is 1. The van der Waals surface area contributed by atoms with E-state index in [2.05, 4.69) is 21.0 Å². The van der Waals surface area contributed by atoms with Crippen LogP contribution in [0.3, 0.4) is 0 Å². The molecule has 0 N–H and O–H groups in total. The van der Waals surface area contributed by atoms with Crippen molar-refractivity contribution >= 4 is 44.9 Å². The van der Waals surface area contributed by atoms with Crippen molar-refractivity contribution in [2.45, 2.75) is 26.8 Å². The van der Waals surface area contributed by atoms with E-state index in [4.69, 9.17) is 23.2 Å². The van der Waals surface area contributed by atoms with Gasteiger partial charge in [0.2, 0.25) is 0 Å². The monoisotopic (exact) mass is 374 g/mol. The Morgan fingerprint density at radius 1 is 1.35 bits per heavy atom. The van der Waals surface area contributed by atoms with Gasteiger partial charge in [-0.05, 0) is 32.0 Å². The van der Waals surface area contributed by atoms with E-state index in [0.717, 1.165) is 15.9 Å². The number of carbonyl (C=O) groups is 1. The van der Waals surface area contributed by atoms with Crippen LogP contribution in [0, 0.1) is 6.92 Å². The lowest BCUT2D eigenvalue weighted by Crippen LogP contribution is -2.10. The molecule has 2 aromatic rings. The van der Waals surface area contributed by atoms with Crippen molar-refractivity contribution in [3.63, 3.8) is 0 Å². The predicted octanol–water partition coefficient (Wildman–Crippen LogP) is 4.71. The maximum atomic E-state index is 12.4. The summed E-state index contributed by atoms with van der Waals surface area (Å²) < 4.78 is 2.54. The van der Waals surface area contributed by atoms with E-state index in [1.165, 1.54) is 0 Å². The van der Waals surface area contributed by atoms with Crippen molar-refractivity contribution in [1.82, 2.24) is 9.78 Å². The van der Waals surface area contributed by atoms with E-state index in [0.29, 0.717) is 22.2 Å². The Morgan fingerprint density at radius 3 is 2.65 bits per heavy atom. The number of aromatic nitrogens is 2. The van der Waals surface area contributed by atoms with Crippen molar-refractivity contribution in [2.75, 3.05) is 0 Å². The number of hydrogen-bond acceptors (Lipinski definition) is 2. The SMILES string of the molecule is CCn1nc(C)c(Cl)c1CC(=O)c1cc(Cl)cc(Br)c1. The summed E-state index contributed by atoms with van der Waals surface area (Å²) in [4.78, 5) is 12.4. The van der Waals surface area contributed by atoms with Crippen molar-refractivity contribution in [2.24, 2.45) is 0 Å². The van der Waals surface area contributed by atoms with Gasteiger partial charge in [-0.3, -0.25) is 9.48 Å². The number of nitrogens with zero attached hydrogens (tertiary/aromatic N) is 2. The van der Waals surface area contributed by atoms with Crippen LogP contribution in [-0.4, -0.2) is 15.6 Å². The Bertz CT molecular complexity index is 647. The van der Waals surface area contributed by atoms with Gasteiger partial charge in [0.15, 0.2) is 5.78 Å². The molecule has 1 aromatic heterocycles. The van der Waals surface area contributed by atoms with Gasteiger partial charge in [-0.25, -0.2) is 0 Å². The molecule has 0 atom stereocenters. The van der Waals surface area contributed by atoms with Crippen molar-refractivity contribution in [3.05, 3.63) is 49.7 Å². The highest BCUT2D eigenvalue weighted by molar-refractivity contribution is 9.10. The lowest BCUT2D eigenvalue weighted by Gasteiger charge is -2.06. The third-order valence-electron chi connectivity index (χ3n) is 2.97. The Labute approximate surface area is 136 Å². The molecule has 0 spiro atoms. The van der Waals surface area contributed by atoms with Crippen LogP contribution in [0.1, 0.15) is 28.7 Å². The standard InChI is InChI=1S/C14H13BrCl2N2O/c1-3-19-12(14(17)8(2)18-19)7-13(20)9-4-10(15)6-11(16)5-9/h4-6H,3,7H2,1-2H3. The first-order valence-electron chi connectivity index (χ1n) is 6.13. The minimum Gasteiger partial charge on any atom is -0.294 e. The summed E-state index contributed by atoms with van der Waals surface area (Å²) in [6.07, 6.45) is 0.209. The summed E-state index contributed by atoms with van der Waals surface area (Å²) in [5.74, 6) is -0.0373. The molecule has 0 bridgehead atoms. The molecule has 3 nitrogen and oxygen atoms in total. The average Bonchev–Trinajstić information content (AvgIpc) is 2.65. The number of ketones is 1. The Hall–Kier alpha value is -0.840. The molecule has 0 amide bonds. The van der Waals surface area contributed by atoms with Gasteiger partial charge in [-0.1, -0.05) is 39.1 Å². The van der Waals surface area contributed by atoms with Crippen LogP contribution in [0.15, 0.2) is 22.7 Å². The second-order valence-corrected chi connectivity index (χ2v) is 6.15. The number of hydrogen-bond donors (Lipinski definition) is 0. The first-order valence-corrected chi connectivity index (χ1v) is 7.68. The molecule has 0 saturated heterocycles. The topological polar surface area (TPSA) is 34.9 Å². The second kappa shape index (κ2) is 6.29. The zero-order valence-corrected chi connectivity index (χ0v) is 14.2. The van der Waals surface area contributed by atoms with E-state index in [1.807, 2.05) is 13.8 Å². The summed E-state index contributed by atoms with van der Waals surface area (Å²) in [5.41, 5.74) is 2.04. The van der Waals surface area contributed by atoms with Gasteiger partial charge in [-0.2, -0.15) is 5.10 Å². The highest BCUT2D eigenvalue weighted by Gasteiger charge is 2.17. The minimum atomic E-state index is -0.0373. The molecular formula is C14H13BrCl2N2O. The first kappa shape index (κ1) is 15.5. The molecule has 0 unspecified atom stereocenters. The average molecular weight is 376 g/mol. The smallest absolute Gasteiger partial charge is 0.168 e. The number of aryl methyl sites for hydroxylation is 2. The van der Waals surface area contributed by atoms with Gasteiger partial charge in [0.25, 0.3) is 0 Å². The van der Waals surface area contributed by atoms with Gasteiger partial charge in [0.05, 0.1) is 22.8 Å². The third kappa shape index (κ3) is 3.25. The number of Topliss-reactive ketones (excluding diaryl/α,β-unsaturated/α-hetero) is 1. The minimum absolute atomic E-state index is 0.0373. The summed E-state index contributed by atoms with van der Waals surface area (Å²) >= 11 is 15.5. The number of halogens is 3. The molecule has 106 valence electrons. The molecular weight excluding hydrogens is 363 g/mol. The predicted molar refractivity (Wildman–Crippen MR) is 84.8 cm³/mol. The number of rotatable bonds is 4. The first-order chi connectivity index (χ1) is 9.42. The Balaban J connectivity index is 2.32. The zero-order chi connectivity index (χ0) is 14.9. The van der Waals surface area contributed by atoms with E-state index in [-0.39, 0.29) is 12.2 Å². The van der Waals surface area contributed by atoms with Gasteiger partial charge >= 0.3 is 0 Å². The highest BCUT2D eigenvalue weighted by atomic mass is 79.9. The fourth-order valence-corrected chi connectivity index (χ4v) is 3.07. The van der Waals surface area contributed by atoms with Crippen LogP contribution in [0.2, 0.25) is 10.0 Å². The fourth-order valence-electron chi connectivity index (χ4n) is 2.01. The van der Waals surface area contributed by atoms with Gasteiger partial charge in [0, 0.05) is 21.6 Å². The molecule has 20 heavy (non-hydrogen) atoms. The number of carbonyl (C=O) groups excluding carboxylic acids is 1. The maximum Gasteiger partial charge on any atom is 0.168 e. The van der Waals surface area contributed by atoms with Gasteiger partial charge < -0.3 is 0 Å². The molecule has 0 fully saturated rings. The molecule has 1 aromatic carbocycles. The second-order valence-electron chi connectivity index (χ2n) is 4.42.